The van der Waals surface area contributed by atoms with Crippen molar-refractivity contribution in [3.8, 4) is 17.2 Å². The number of hydrogen-bond acceptors (Lipinski definition) is 7. The fourth-order valence-electron chi connectivity index (χ4n) is 2.71. The maximum Gasteiger partial charge on any atom is 0.251 e. The predicted molar refractivity (Wildman–Crippen MR) is 91.3 cm³/mol. The Morgan fingerprint density at radius 2 is 2.08 bits per heavy atom. The zero-order chi connectivity index (χ0) is 18.1. The number of benzene rings is 1. The van der Waals surface area contributed by atoms with Crippen LogP contribution in [0.2, 0.25) is 0 Å². The SMILES string of the molecule is COc1cccc(F)c1CNc1ccc(-c2nnc(C)o2)c2nncn12. The van der Waals surface area contributed by atoms with Gasteiger partial charge in [-0.15, -0.1) is 20.4 Å². The molecule has 0 atom stereocenters. The third-order valence-electron chi connectivity index (χ3n) is 3.95. The zero-order valence-electron chi connectivity index (χ0n) is 14.1. The van der Waals surface area contributed by atoms with Gasteiger partial charge in [0.25, 0.3) is 5.89 Å². The Bertz CT molecular complexity index is 1070. The van der Waals surface area contributed by atoms with E-state index in [4.69, 9.17) is 9.15 Å². The first kappa shape index (κ1) is 16.0. The van der Waals surface area contributed by atoms with Crippen LogP contribution >= 0.6 is 0 Å². The highest BCUT2D eigenvalue weighted by Gasteiger charge is 2.15. The van der Waals surface area contributed by atoms with E-state index in [1.807, 2.05) is 6.07 Å². The third-order valence-corrected chi connectivity index (χ3v) is 3.95. The molecule has 0 spiro atoms. The second kappa shape index (κ2) is 6.43. The fraction of sp³-hybridized carbons (Fsp3) is 0.176. The van der Waals surface area contributed by atoms with Gasteiger partial charge in [0.2, 0.25) is 5.89 Å². The second-order valence-corrected chi connectivity index (χ2v) is 5.56. The van der Waals surface area contributed by atoms with Crippen LogP contribution in [0.4, 0.5) is 10.2 Å². The quantitative estimate of drug-likeness (QED) is 0.589. The molecule has 0 saturated carbocycles. The number of aryl methyl sites for hydroxylation is 1. The molecule has 8 nitrogen and oxygen atoms in total. The summed E-state index contributed by atoms with van der Waals surface area (Å²) in [7, 11) is 1.51. The van der Waals surface area contributed by atoms with Crippen molar-refractivity contribution in [3.05, 3.63) is 53.9 Å². The molecule has 0 saturated heterocycles. The van der Waals surface area contributed by atoms with Gasteiger partial charge in [0.1, 0.15) is 23.7 Å². The Labute approximate surface area is 147 Å². The van der Waals surface area contributed by atoms with Crippen LogP contribution in [-0.4, -0.2) is 31.9 Å². The number of fused-ring (bicyclic) bond motifs is 1. The molecule has 4 aromatic rings. The Morgan fingerprint density at radius 1 is 1.19 bits per heavy atom. The minimum atomic E-state index is -0.338. The number of pyridine rings is 1. The summed E-state index contributed by atoms with van der Waals surface area (Å²) >= 11 is 0. The van der Waals surface area contributed by atoms with E-state index in [0.29, 0.717) is 40.1 Å². The normalized spacial score (nSPS) is 11.0. The van der Waals surface area contributed by atoms with Gasteiger partial charge >= 0.3 is 0 Å². The van der Waals surface area contributed by atoms with Crippen molar-refractivity contribution in [2.45, 2.75) is 13.5 Å². The van der Waals surface area contributed by atoms with Gasteiger partial charge in [-0.05, 0) is 24.3 Å². The highest BCUT2D eigenvalue weighted by Crippen LogP contribution is 2.26. The molecule has 0 radical (unpaired) electrons. The van der Waals surface area contributed by atoms with Crippen molar-refractivity contribution in [3.63, 3.8) is 0 Å². The molecule has 0 aliphatic rings. The van der Waals surface area contributed by atoms with Crippen LogP contribution in [0.25, 0.3) is 17.1 Å². The Hall–Kier alpha value is -3.49. The molecular formula is C17H15FN6O2. The lowest BCUT2D eigenvalue weighted by molar-refractivity contribution is 0.405. The van der Waals surface area contributed by atoms with Crippen molar-refractivity contribution in [2.24, 2.45) is 0 Å². The van der Waals surface area contributed by atoms with Crippen molar-refractivity contribution < 1.29 is 13.5 Å². The number of anilines is 1. The molecule has 9 heteroatoms. The van der Waals surface area contributed by atoms with Gasteiger partial charge in [0.05, 0.1) is 12.7 Å². The number of rotatable bonds is 5. The van der Waals surface area contributed by atoms with E-state index in [0.717, 1.165) is 0 Å². The van der Waals surface area contributed by atoms with Crippen molar-refractivity contribution in [1.82, 2.24) is 24.8 Å². The average molecular weight is 354 g/mol. The molecule has 1 aromatic carbocycles. The van der Waals surface area contributed by atoms with Gasteiger partial charge in [-0.1, -0.05) is 6.07 Å². The van der Waals surface area contributed by atoms with Crippen molar-refractivity contribution in [2.75, 3.05) is 12.4 Å². The number of nitrogens with one attached hydrogen (secondary N) is 1. The first-order chi connectivity index (χ1) is 12.7. The van der Waals surface area contributed by atoms with Crippen molar-refractivity contribution >= 4 is 11.5 Å². The van der Waals surface area contributed by atoms with Crippen LogP contribution in [0.5, 0.6) is 5.75 Å². The minimum Gasteiger partial charge on any atom is -0.496 e. The summed E-state index contributed by atoms with van der Waals surface area (Å²) < 4.78 is 26.5. The maximum absolute atomic E-state index is 14.1. The summed E-state index contributed by atoms with van der Waals surface area (Å²) in [5.41, 5.74) is 1.66. The van der Waals surface area contributed by atoms with Crippen LogP contribution in [0.1, 0.15) is 11.5 Å². The minimum absolute atomic E-state index is 0.238. The van der Waals surface area contributed by atoms with E-state index < -0.39 is 0 Å². The Balaban J connectivity index is 1.68. The molecule has 0 aliphatic heterocycles. The largest absolute Gasteiger partial charge is 0.496 e. The van der Waals surface area contributed by atoms with E-state index in [-0.39, 0.29) is 12.4 Å². The number of nitrogens with zero attached hydrogens (tertiary/aromatic N) is 5. The van der Waals surface area contributed by atoms with E-state index in [1.165, 1.54) is 13.2 Å². The molecule has 0 fully saturated rings. The van der Waals surface area contributed by atoms with E-state index in [9.17, 15) is 4.39 Å². The van der Waals surface area contributed by atoms with Gasteiger partial charge < -0.3 is 14.5 Å². The Kier molecular flexibility index (Phi) is 3.96. The summed E-state index contributed by atoms with van der Waals surface area (Å²) in [6.07, 6.45) is 1.56. The molecule has 0 aliphatic carbocycles. The lowest BCUT2D eigenvalue weighted by atomic mass is 10.2. The molecule has 0 bridgehead atoms. The first-order valence-electron chi connectivity index (χ1n) is 7.86. The van der Waals surface area contributed by atoms with Crippen LogP contribution < -0.4 is 10.1 Å². The molecule has 0 amide bonds. The average Bonchev–Trinajstić information content (AvgIpc) is 3.29. The number of aromatic nitrogens is 5. The molecule has 3 heterocycles. The van der Waals surface area contributed by atoms with E-state index >= 15 is 0 Å². The number of ether oxygens (including phenoxy) is 1. The Morgan fingerprint density at radius 3 is 2.85 bits per heavy atom. The summed E-state index contributed by atoms with van der Waals surface area (Å²) in [6.45, 7) is 1.96. The van der Waals surface area contributed by atoms with Gasteiger partial charge in [0, 0.05) is 19.0 Å². The number of halogens is 1. The summed E-state index contributed by atoms with van der Waals surface area (Å²) in [5.74, 6) is 1.66. The van der Waals surface area contributed by atoms with Gasteiger partial charge in [-0.25, -0.2) is 4.39 Å². The smallest absolute Gasteiger partial charge is 0.251 e. The predicted octanol–water partition coefficient (Wildman–Crippen LogP) is 2.85. The fourth-order valence-corrected chi connectivity index (χ4v) is 2.71. The first-order valence-corrected chi connectivity index (χ1v) is 7.86. The lowest BCUT2D eigenvalue weighted by Crippen LogP contribution is -2.07. The summed E-state index contributed by atoms with van der Waals surface area (Å²) in [5, 5.41) is 19.1. The van der Waals surface area contributed by atoms with Gasteiger partial charge in [0.15, 0.2) is 5.65 Å². The molecule has 3 aromatic heterocycles. The highest BCUT2D eigenvalue weighted by molar-refractivity contribution is 5.73. The standard InChI is InChI=1S/C17H15FN6O2/c1-10-21-23-17(26-10)11-6-7-15(24-9-20-22-16(11)24)19-8-12-13(18)4-3-5-14(12)25-2/h3-7,9,19H,8H2,1-2H3. The summed E-state index contributed by atoms with van der Waals surface area (Å²) in [6, 6.07) is 8.34. The zero-order valence-corrected chi connectivity index (χ0v) is 14.1. The van der Waals surface area contributed by atoms with Crippen LogP contribution in [-0.2, 0) is 6.54 Å². The monoisotopic (exact) mass is 354 g/mol. The maximum atomic E-state index is 14.1. The lowest BCUT2D eigenvalue weighted by Gasteiger charge is -2.13. The molecule has 26 heavy (non-hydrogen) atoms. The van der Waals surface area contributed by atoms with E-state index in [2.05, 4.69) is 25.7 Å². The van der Waals surface area contributed by atoms with Crippen LogP contribution in [0.3, 0.4) is 0 Å². The van der Waals surface area contributed by atoms with E-state index in [1.54, 1.807) is 35.9 Å². The number of methoxy groups -OCH3 is 1. The van der Waals surface area contributed by atoms with Gasteiger partial charge in [-0.3, -0.25) is 4.40 Å². The summed E-state index contributed by atoms with van der Waals surface area (Å²) in [4.78, 5) is 0. The highest BCUT2D eigenvalue weighted by atomic mass is 19.1. The third kappa shape index (κ3) is 2.73. The van der Waals surface area contributed by atoms with Crippen molar-refractivity contribution in [1.29, 1.82) is 0 Å². The van der Waals surface area contributed by atoms with Crippen LogP contribution in [0.15, 0.2) is 41.1 Å². The van der Waals surface area contributed by atoms with Gasteiger partial charge in [-0.2, -0.15) is 0 Å². The molecule has 1 N–H and O–H groups in total. The molecule has 0 unspecified atom stereocenters. The van der Waals surface area contributed by atoms with Crippen LogP contribution in [0, 0.1) is 12.7 Å². The molecule has 4 rings (SSSR count). The number of hydrogen-bond donors (Lipinski definition) is 1. The second-order valence-electron chi connectivity index (χ2n) is 5.56. The topological polar surface area (TPSA) is 90.4 Å². The molecular weight excluding hydrogens is 339 g/mol. The molecule has 132 valence electrons.